The third kappa shape index (κ3) is 8.82. The van der Waals surface area contributed by atoms with Crippen LogP contribution >= 0.6 is 12.4 Å². The van der Waals surface area contributed by atoms with Crippen molar-refractivity contribution in [2.45, 2.75) is 76.9 Å². The van der Waals surface area contributed by atoms with Crippen molar-refractivity contribution in [3.05, 3.63) is 87.7 Å². The summed E-state index contributed by atoms with van der Waals surface area (Å²) in [7, 11) is 0. The van der Waals surface area contributed by atoms with E-state index in [1.165, 1.54) is 0 Å². The Morgan fingerprint density at radius 2 is 1.70 bits per heavy atom. The first-order valence-electron chi connectivity index (χ1n) is 17.4. The van der Waals surface area contributed by atoms with Gasteiger partial charge in [0, 0.05) is 35.7 Å². The van der Waals surface area contributed by atoms with Crippen molar-refractivity contribution in [1.29, 1.82) is 0 Å². The number of anilines is 1. The van der Waals surface area contributed by atoms with Gasteiger partial charge in [-0.3, -0.25) is 29.4 Å². The normalized spacial score (nSPS) is 21.1. The Labute approximate surface area is 298 Å². The first-order chi connectivity index (χ1) is 23.7. The molecular formula is C38H48ClN7O4. The van der Waals surface area contributed by atoms with Crippen LogP contribution in [0.15, 0.2) is 65.5 Å². The molecule has 4 aromatic rings. The van der Waals surface area contributed by atoms with E-state index in [1.807, 2.05) is 49.4 Å². The maximum atomic E-state index is 13.7. The predicted molar refractivity (Wildman–Crippen MR) is 200 cm³/mol. The molecule has 1 saturated heterocycles. The molecule has 0 spiro atoms. The molecule has 11 nitrogen and oxygen atoms in total. The summed E-state index contributed by atoms with van der Waals surface area (Å²) in [4.78, 5) is 52.0. The van der Waals surface area contributed by atoms with Crippen molar-refractivity contribution in [3.63, 3.8) is 0 Å². The summed E-state index contributed by atoms with van der Waals surface area (Å²) in [5.74, 6) is -0.222. The lowest BCUT2D eigenvalue weighted by molar-refractivity contribution is -0.130. The van der Waals surface area contributed by atoms with Gasteiger partial charge < -0.3 is 27.0 Å². The zero-order chi connectivity index (χ0) is 34.5. The lowest BCUT2D eigenvalue weighted by atomic mass is 9.81. The van der Waals surface area contributed by atoms with Crippen molar-refractivity contribution in [3.8, 4) is 11.1 Å². The average molecular weight is 702 g/mol. The number of fused-ring (bicyclic) bond motifs is 1. The zero-order valence-electron chi connectivity index (χ0n) is 28.6. The van der Waals surface area contributed by atoms with Gasteiger partial charge in [-0.05, 0) is 124 Å². The van der Waals surface area contributed by atoms with Crippen LogP contribution in [0.25, 0.3) is 22.0 Å². The largest absolute Gasteiger partial charge is 0.349 e. The van der Waals surface area contributed by atoms with E-state index in [0.29, 0.717) is 47.1 Å². The number of H-pyrrole nitrogens is 2. The summed E-state index contributed by atoms with van der Waals surface area (Å²) < 4.78 is 0. The molecule has 6 rings (SSSR count). The van der Waals surface area contributed by atoms with E-state index in [9.17, 15) is 19.2 Å². The monoisotopic (exact) mass is 701 g/mol. The fourth-order valence-corrected chi connectivity index (χ4v) is 7.22. The molecule has 3 amide bonds. The maximum absolute atomic E-state index is 13.7. The molecule has 1 saturated carbocycles. The van der Waals surface area contributed by atoms with Crippen LogP contribution in [0.5, 0.6) is 0 Å². The van der Waals surface area contributed by atoms with Crippen LogP contribution in [-0.4, -0.2) is 59.1 Å². The van der Waals surface area contributed by atoms with Gasteiger partial charge in [-0.15, -0.1) is 12.4 Å². The smallest absolute Gasteiger partial charge is 0.271 e. The number of piperidine rings is 1. The summed E-state index contributed by atoms with van der Waals surface area (Å²) in [5.41, 5.74) is 11.3. The minimum Gasteiger partial charge on any atom is -0.349 e. The van der Waals surface area contributed by atoms with E-state index in [1.54, 1.807) is 18.2 Å². The molecule has 1 aliphatic heterocycles. The number of rotatable bonds is 10. The Balaban J connectivity index is 0.00000486. The van der Waals surface area contributed by atoms with Gasteiger partial charge in [-0.1, -0.05) is 30.3 Å². The number of aromatic nitrogens is 2. The van der Waals surface area contributed by atoms with Crippen LogP contribution in [0.4, 0.5) is 5.69 Å². The Hall–Kier alpha value is -4.45. The van der Waals surface area contributed by atoms with Crippen molar-refractivity contribution in [2.24, 2.45) is 17.6 Å². The highest BCUT2D eigenvalue weighted by molar-refractivity contribution is 5.99. The first kappa shape index (κ1) is 36.8. The first-order valence-corrected chi connectivity index (χ1v) is 17.4. The minimum atomic E-state index is -0.811. The molecule has 266 valence electrons. The van der Waals surface area contributed by atoms with Crippen molar-refractivity contribution >= 4 is 46.7 Å². The van der Waals surface area contributed by atoms with Crippen LogP contribution in [0.1, 0.15) is 66.9 Å². The number of halogens is 1. The van der Waals surface area contributed by atoms with Gasteiger partial charge in [0.15, 0.2) is 0 Å². The highest BCUT2D eigenvalue weighted by atomic mass is 35.5. The van der Waals surface area contributed by atoms with E-state index in [2.05, 4.69) is 38.4 Å². The second-order valence-corrected chi connectivity index (χ2v) is 13.8. The molecule has 12 heteroatoms. The van der Waals surface area contributed by atoms with Crippen molar-refractivity contribution < 1.29 is 14.4 Å². The number of hydrogen-bond donors (Lipinski definition) is 7. The van der Waals surface area contributed by atoms with E-state index < -0.39 is 6.04 Å². The van der Waals surface area contributed by atoms with Gasteiger partial charge in [-0.25, -0.2) is 0 Å². The molecule has 0 bridgehead atoms. The van der Waals surface area contributed by atoms with Crippen LogP contribution in [0.2, 0.25) is 0 Å². The molecule has 1 aliphatic carbocycles. The lowest BCUT2D eigenvalue weighted by Crippen LogP contribution is -2.48. The number of nitrogens with two attached hydrogens (primary N) is 1. The number of hydrogen-bond acceptors (Lipinski definition) is 6. The molecule has 2 unspecified atom stereocenters. The maximum Gasteiger partial charge on any atom is 0.271 e. The third-order valence-corrected chi connectivity index (χ3v) is 10.2. The van der Waals surface area contributed by atoms with Gasteiger partial charge in [0.1, 0.15) is 6.04 Å². The molecule has 2 fully saturated rings. The second kappa shape index (κ2) is 16.5. The molecule has 8 N–H and O–H groups in total. The molecule has 2 aliphatic rings. The number of nitrogens with one attached hydrogen (secondary N) is 6. The molecule has 50 heavy (non-hydrogen) atoms. The van der Waals surface area contributed by atoms with Crippen LogP contribution < -0.4 is 32.6 Å². The van der Waals surface area contributed by atoms with Crippen LogP contribution in [0, 0.1) is 18.8 Å². The Kier molecular flexibility index (Phi) is 12.2. The summed E-state index contributed by atoms with van der Waals surface area (Å²) >= 11 is 0. The van der Waals surface area contributed by atoms with Crippen LogP contribution in [0.3, 0.4) is 0 Å². The second-order valence-electron chi connectivity index (χ2n) is 13.8. The number of aryl methyl sites for hydroxylation is 1. The third-order valence-electron chi connectivity index (χ3n) is 10.2. The molecule has 3 atom stereocenters. The van der Waals surface area contributed by atoms with Gasteiger partial charge >= 0.3 is 0 Å². The fourth-order valence-electron chi connectivity index (χ4n) is 7.22. The highest BCUT2D eigenvalue weighted by Gasteiger charge is 2.29. The SMILES string of the molecule is Cc1cc(C(=O)NC2CCNC(C)C2)ccc1-c1ccc(C[C@H](NC(=O)C2CCC(CN)CC2)C(=O)Nc2ccc3c(=O)[nH][nH]c3c2)cc1.Cl. The minimum absolute atomic E-state index is 0. The summed E-state index contributed by atoms with van der Waals surface area (Å²) in [6.07, 6.45) is 5.47. The predicted octanol–water partition coefficient (Wildman–Crippen LogP) is 4.55. The number of benzene rings is 3. The van der Waals surface area contributed by atoms with E-state index >= 15 is 0 Å². The topological polar surface area (TPSA) is 174 Å². The molecular weight excluding hydrogens is 654 g/mol. The van der Waals surface area contributed by atoms with E-state index in [4.69, 9.17) is 5.73 Å². The number of aromatic amines is 2. The Morgan fingerprint density at radius 1 is 0.940 bits per heavy atom. The van der Waals surface area contributed by atoms with E-state index in [-0.39, 0.29) is 47.6 Å². The molecule has 1 aromatic heterocycles. The molecule has 0 radical (unpaired) electrons. The highest BCUT2D eigenvalue weighted by Crippen LogP contribution is 2.29. The zero-order valence-corrected chi connectivity index (χ0v) is 29.5. The van der Waals surface area contributed by atoms with E-state index in [0.717, 1.165) is 67.3 Å². The van der Waals surface area contributed by atoms with Crippen LogP contribution in [-0.2, 0) is 16.0 Å². The van der Waals surface area contributed by atoms with Crippen molar-refractivity contribution in [2.75, 3.05) is 18.4 Å². The summed E-state index contributed by atoms with van der Waals surface area (Å²) in [6, 6.07) is 18.5. The molecule has 3 aromatic carbocycles. The Bertz CT molecular complexity index is 1860. The summed E-state index contributed by atoms with van der Waals surface area (Å²) in [6.45, 7) is 5.67. The average Bonchev–Trinajstić information content (AvgIpc) is 3.47. The fraction of sp³-hybridized carbons (Fsp3) is 0.421. The van der Waals surface area contributed by atoms with Gasteiger partial charge in [0.05, 0.1) is 10.9 Å². The van der Waals surface area contributed by atoms with Gasteiger partial charge in [0.2, 0.25) is 11.8 Å². The molecule has 2 heterocycles. The number of carbonyl (C=O) groups is 3. The van der Waals surface area contributed by atoms with Crippen molar-refractivity contribution in [1.82, 2.24) is 26.1 Å². The summed E-state index contributed by atoms with van der Waals surface area (Å²) in [5, 5.41) is 18.4. The van der Waals surface area contributed by atoms with Gasteiger partial charge in [-0.2, -0.15) is 0 Å². The number of amides is 3. The van der Waals surface area contributed by atoms with Gasteiger partial charge in [0.25, 0.3) is 11.5 Å². The quantitative estimate of drug-likeness (QED) is 0.128. The standard InChI is InChI=1S/C38H47N7O4.ClH/c1-22-17-28(36(47)41-30-15-16-40-23(2)18-30)11-13-31(22)26-7-3-24(4-8-26)19-34(43-35(46)27-9-5-25(21-39)6-10-27)38(49)42-29-12-14-32-33(20-29)44-45-37(32)48;/h3-4,7-8,11-14,17,20,23,25,27,30,34,40H,5-6,9-10,15-16,18-19,21,39H2,1-2H3,(H,41,47)(H,42,49)(H,43,46)(H2,44,45,48);1H/t23?,25?,27?,30?,34-;/m0./s1. The lowest BCUT2D eigenvalue weighted by Gasteiger charge is -2.28. The number of carbonyl (C=O) groups excluding carboxylic acids is 3. The Morgan fingerprint density at radius 3 is 2.40 bits per heavy atom.